The van der Waals surface area contributed by atoms with Gasteiger partial charge in [-0.3, -0.25) is 9.78 Å². The smallest absolute Gasteiger partial charge is 0.164 e. The molecule has 2 heterocycles. The second-order valence-corrected chi connectivity index (χ2v) is 15.7. The van der Waals surface area contributed by atoms with Crippen LogP contribution in [0.2, 0.25) is 0 Å². The number of aliphatic hydroxyl groups excluding tert-OH is 1. The molecule has 4 nitrogen and oxygen atoms in total. The molecular formula is C39H49IrN2O2S3-. The van der Waals surface area contributed by atoms with Crippen LogP contribution >= 0.6 is 35.7 Å². The summed E-state index contributed by atoms with van der Waals surface area (Å²) in [4.78, 5) is 23.5. The van der Waals surface area contributed by atoms with E-state index in [-0.39, 0.29) is 47.9 Å². The average Bonchev–Trinajstić information content (AvgIpc) is 3.44. The molecule has 4 rings (SSSR count). The predicted octanol–water partition coefficient (Wildman–Crippen LogP) is 12.4. The molecule has 1 N–H and O–H groups in total. The summed E-state index contributed by atoms with van der Waals surface area (Å²) >= 11 is 8.08. The molecule has 2 aromatic heterocycles. The molecule has 0 unspecified atom stereocenters. The number of ketones is 1. The first kappa shape index (κ1) is 41.0. The van der Waals surface area contributed by atoms with Crippen molar-refractivity contribution in [1.29, 1.82) is 0 Å². The van der Waals surface area contributed by atoms with Crippen molar-refractivity contribution in [2.45, 2.75) is 103 Å². The summed E-state index contributed by atoms with van der Waals surface area (Å²) in [6.07, 6.45) is 8.21. The van der Waals surface area contributed by atoms with Crippen LogP contribution in [-0.2, 0) is 30.3 Å². The van der Waals surface area contributed by atoms with Crippen LogP contribution in [0, 0.1) is 16.9 Å². The Morgan fingerprint density at radius 3 is 2.17 bits per heavy atom. The van der Waals surface area contributed by atoms with Gasteiger partial charge in [-0.2, -0.15) is 11.8 Å². The largest absolute Gasteiger partial charge is 0.512 e. The molecule has 0 saturated heterocycles. The van der Waals surface area contributed by atoms with E-state index < -0.39 is 0 Å². The van der Waals surface area contributed by atoms with Gasteiger partial charge in [-0.05, 0) is 48.1 Å². The molecule has 0 fully saturated rings. The summed E-state index contributed by atoms with van der Waals surface area (Å²) in [5.41, 5.74) is 4.48. The second-order valence-electron chi connectivity index (χ2n) is 13.2. The minimum absolute atomic E-state index is 0. The molecule has 0 aliphatic heterocycles. The zero-order valence-electron chi connectivity index (χ0n) is 29.2. The third kappa shape index (κ3) is 8.88. The van der Waals surface area contributed by atoms with Crippen molar-refractivity contribution in [2.24, 2.45) is 10.8 Å². The van der Waals surface area contributed by atoms with Gasteiger partial charge < -0.3 is 5.11 Å². The Hall–Kier alpha value is -2.22. The quantitative estimate of drug-likeness (QED) is 0.0517. The number of aromatic nitrogens is 2. The molecule has 2 aromatic carbocycles. The van der Waals surface area contributed by atoms with Crippen LogP contribution in [0.15, 0.2) is 70.8 Å². The van der Waals surface area contributed by atoms with Crippen molar-refractivity contribution in [2.75, 3.05) is 0 Å². The summed E-state index contributed by atoms with van der Waals surface area (Å²) in [7, 11) is 0. The first-order chi connectivity index (χ1) is 21.6. The Kier molecular flexibility index (Phi) is 14.8. The maximum Gasteiger partial charge on any atom is 0.164 e. The van der Waals surface area contributed by atoms with Gasteiger partial charge in [0.2, 0.25) is 0 Å². The Morgan fingerprint density at radius 1 is 1.02 bits per heavy atom. The standard InChI is InChI=1S/C24H21N2S3.C15H28O2.Ir/c1-6-14-8-11-18-19(22(14)27)21-23(29-18)20(25-13-26-21)15-9-10-17(28-7-2)16(12-15)24(3,4)5;1-7-14(5,8-2)12(16)11-13(17)15(6,9-3)10-4;/h6-8,10-13,27H,1-2H2,3-5H3;11,16H,7-10H2,1-6H3;/q-1;;/b;12-11-;. The van der Waals surface area contributed by atoms with Crippen LogP contribution in [0.1, 0.15) is 99.1 Å². The van der Waals surface area contributed by atoms with E-state index in [9.17, 15) is 9.90 Å². The first-order valence-corrected chi connectivity index (χ1v) is 18.1. The Bertz CT molecular complexity index is 1760. The monoisotopic (exact) mass is 866 g/mol. The molecule has 255 valence electrons. The number of fused-ring (bicyclic) bond motifs is 3. The number of nitrogens with zero attached hydrogens (tertiary/aromatic N) is 2. The van der Waals surface area contributed by atoms with Crippen LogP contribution in [0.25, 0.3) is 37.6 Å². The topological polar surface area (TPSA) is 63.1 Å². The number of thiol groups is 1. The zero-order chi connectivity index (χ0) is 34.4. The molecule has 0 bridgehead atoms. The number of benzene rings is 2. The summed E-state index contributed by atoms with van der Waals surface area (Å²) in [6.45, 7) is 26.5. The van der Waals surface area contributed by atoms with Gasteiger partial charge in [-0.1, -0.05) is 92.5 Å². The van der Waals surface area contributed by atoms with Gasteiger partial charge in [0.25, 0.3) is 0 Å². The summed E-state index contributed by atoms with van der Waals surface area (Å²) in [5.74, 6) is 0.286. The minimum Gasteiger partial charge on any atom is -0.512 e. The molecular weight excluding hydrogens is 817 g/mol. The maximum absolute atomic E-state index is 12.2. The predicted molar refractivity (Wildman–Crippen MR) is 204 cm³/mol. The van der Waals surface area contributed by atoms with E-state index in [1.807, 2.05) is 65.2 Å². The van der Waals surface area contributed by atoms with Crippen molar-refractivity contribution in [3.05, 3.63) is 78.2 Å². The maximum atomic E-state index is 12.2. The van der Waals surface area contributed by atoms with Crippen LogP contribution in [0.5, 0.6) is 0 Å². The van der Waals surface area contributed by atoms with Gasteiger partial charge in [0.05, 0.1) is 5.52 Å². The summed E-state index contributed by atoms with van der Waals surface area (Å²) < 4.78 is 2.20. The average molecular weight is 866 g/mol. The van der Waals surface area contributed by atoms with Crippen LogP contribution in [-0.4, -0.2) is 20.9 Å². The fraction of sp³-hybridized carbons (Fsp3) is 0.410. The molecule has 47 heavy (non-hydrogen) atoms. The Balaban J connectivity index is 0.000000370. The normalized spacial score (nSPS) is 12.3. The van der Waals surface area contributed by atoms with E-state index in [0.29, 0.717) is 0 Å². The van der Waals surface area contributed by atoms with Crippen molar-refractivity contribution >= 4 is 67.9 Å². The van der Waals surface area contributed by atoms with Gasteiger partial charge in [-0.25, -0.2) is 4.98 Å². The van der Waals surface area contributed by atoms with Crippen molar-refractivity contribution < 1.29 is 30.0 Å². The molecule has 0 saturated carbocycles. The molecule has 0 atom stereocenters. The number of thioether (sulfide) groups is 1. The fourth-order valence-corrected chi connectivity index (χ4v) is 7.52. The van der Waals surface area contributed by atoms with Gasteiger partial charge in [0.1, 0.15) is 12.1 Å². The van der Waals surface area contributed by atoms with E-state index in [4.69, 9.17) is 12.6 Å². The fourth-order valence-electron chi connectivity index (χ4n) is 5.09. The third-order valence-corrected chi connectivity index (χ3v) is 11.8. The molecule has 0 aliphatic rings. The number of rotatable bonds is 11. The molecule has 0 spiro atoms. The molecule has 4 aromatic rings. The number of thiophene rings is 1. The van der Waals surface area contributed by atoms with Gasteiger partial charge in [-0.15, -0.1) is 53.3 Å². The number of carbonyl (C=O) groups is 1. The van der Waals surface area contributed by atoms with Gasteiger partial charge in [0.15, 0.2) is 5.78 Å². The molecule has 0 amide bonds. The number of allylic oxidation sites excluding steroid dienone is 2. The van der Waals surface area contributed by atoms with Crippen LogP contribution < -0.4 is 0 Å². The van der Waals surface area contributed by atoms with E-state index in [1.54, 1.807) is 29.4 Å². The van der Waals surface area contributed by atoms with Gasteiger partial charge in [0, 0.05) is 62.4 Å². The number of hydrogen-bond donors (Lipinski definition) is 2. The van der Waals surface area contributed by atoms with Crippen molar-refractivity contribution in [3.8, 4) is 11.3 Å². The Morgan fingerprint density at radius 2 is 1.64 bits per heavy atom. The van der Waals surface area contributed by atoms with Gasteiger partial charge >= 0.3 is 0 Å². The minimum atomic E-state index is -0.337. The van der Waals surface area contributed by atoms with Crippen molar-refractivity contribution in [1.82, 2.24) is 9.97 Å². The van der Waals surface area contributed by atoms with Crippen LogP contribution in [0.4, 0.5) is 0 Å². The third-order valence-electron chi connectivity index (χ3n) is 9.43. The number of hydrogen-bond acceptors (Lipinski definition) is 7. The van der Waals surface area contributed by atoms with E-state index in [2.05, 4.69) is 62.1 Å². The molecule has 0 aliphatic carbocycles. The van der Waals surface area contributed by atoms with E-state index in [1.165, 1.54) is 16.5 Å². The molecule has 8 heteroatoms. The number of aliphatic hydroxyl groups is 1. The zero-order valence-corrected chi connectivity index (χ0v) is 34.1. The number of carbonyl (C=O) groups excluding carboxylic acids is 1. The Labute approximate surface area is 309 Å². The van der Waals surface area contributed by atoms with Crippen molar-refractivity contribution in [3.63, 3.8) is 0 Å². The van der Waals surface area contributed by atoms with Crippen LogP contribution in [0.3, 0.4) is 0 Å². The molecule has 1 radical (unpaired) electrons. The van der Waals surface area contributed by atoms with E-state index in [0.717, 1.165) is 67.7 Å². The second kappa shape index (κ2) is 16.9. The summed E-state index contributed by atoms with van der Waals surface area (Å²) in [5, 5.41) is 13.1. The SMILES string of the molecule is C=CSc1c[c-]c(-c2ncnc3c2sc2ccc(C=C)c(S)c23)cc1C(C)(C)C.CCC(C)(CC)C(=O)/C=C(\O)C(C)(CC)CC.[Ir]. The first-order valence-electron chi connectivity index (χ1n) is 16.0. The summed E-state index contributed by atoms with van der Waals surface area (Å²) in [6, 6.07) is 11.8. The van der Waals surface area contributed by atoms with E-state index >= 15 is 0 Å².